The molecule has 0 radical (unpaired) electrons. The predicted octanol–water partition coefficient (Wildman–Crippen LogP) is 4.56. The molecule has 1 heterocycles. The Hall–Kier alpha value is -1.64. The minimum Gasteiger partial charge on any atom is -0.317 e. The van der Waals surface area contributed by atoms with E-state index in [9.17, 15) is 0 Å². The molecule has 24 heavy (non-hydrogen) atoms. The molecule has 0 aromatic heterocycles. The maximum Gasteiger partial charge on any atom is 0.0242 e. The number of nitrogens with one attached hydrogen (secondary N) is 1. The molecule has 1 fully saturated rings. The molecule has 2 heteroatoms. The zero-order chi connectivity index (χ0) is 16.8. The highest BCUT2D eigenvalue weighted by Crippen LogP contribution is 2.26. The lowest BCUT2D eigenvalue weighted by molar-refractivity contribution is 0.137. The molecule has 0 saturated carbocycles. The first-order valence-corrected chi connectivity index (χ1v) is 9.32. The van der Waals surface area contributed by atoms with Crippen molar-refractivity contribution >= 4 is 0 Å². The number of nitrogens with zero attached hydrogens (tertiary/aromatic N) is 1. The molecule has 0 bridgehead atoms. The normalized spacial score (nSPS) is 16.0. The Morgan fingerprint density at radius 3 is 2.33 bits per heavy atom. The van der Waals surface area contributed by atoms with Crippen LogP contribution in [0.25, 0.3) is 11.1 Å². The Morgan fingerprint density at radius 2 is 1.62 bits per heavy atom. The largest absolute Gasteiger partial charge is 0.317 e. The van der Waals surface area contributed by atoms with Crippen molar-refractivity contribution in [3.05, 3.63) is 60.2 Å². The van der Waals surface area contributed by atoms with Gasteiger partial charge in [0.1, 0.15) is 0 Å². The zero-order valence-electron chi connectivity index (χ0n) is 15.0. The molecule has 128 valence electrons. The third-order valence-electron chi connectivity index (χ3n) is 4.90. The van der Waals surface area contributed by atoms with Gasteiger partial charge in [-0.1, -0.05) is 68.4 Å². The third kappa shape index (κ3) is 4.46. The topological polar surface area (TPSA) is 15.3 Å². The fraction of sp³-hybridized carbons (Fsp3) is 0.455. The number of hydrogen-bond donors (Lipinski definition) is 1. The van der Waals surface area contributed by atoms with Crippen LogP contribution >= 0.6 is 0 Å². The minimum atomic E-state index is 0.698. The Morgan fingerprint density at radius 1 is 0.958 bits per heavy atom. The molecule has 2 aromatic carbocycles. The molecule has 2 aromatic rings. The molecule has 0 atom stereocenters. The van der Waals surface area contributed by atoms with Gasteiger partial charge in [0, 0.05) is 19.1 Å². The molecule has 0 spiro atoms. The SMILES string of the molecule is CC(C)CN(Cc1ccccc1-c1ccccc1)C1CCNCC1. The summed E-state index contributed by atoms with van der Waals surface area (Å²) < 4.78 is 0. The highest BCUT2D eigenvalue weighted by atomic mass is 15.2. The summed E-state index contributed by atoms with van der Waals surface area (Å²) >= 11 is 0. The molecule has 3 rings (SSSR count). The summed E-state index contributed by atoms with van der Waals surface area (Å²) in [5.41, 5.74) is 4.14. The van der Waals surface area contributed by atoms with E-state index in [0.717, 1.165) is 19.6 Å². The van der Waals surface area contributed by atoms with Gasteiger partial charge in [0.25, 0.3) is 0 Å². The van der Waals surface area contributed by atoms with Crippen molar-refractivity contribution in [1.29, 1.82) is 0 Å². The van der Waals surface area contributed by atoms with Gasteiger partial charge in [0.05, 0.1) is 0 Å². The van der Waals surface area contributed by atoms with E-state index >= 15 is 0 Å². The molecule has 0 unspecified atom stereocenters. The van der Waals surface area contributed by atoms with E-state index in [2.05, 4.69) is 78.7 Å². The molecule has 2 nitrogen and oxygen atoms in total. The van der Waals surface area contributed by atoms with Crippen molar-refractivity contribution in [2.24, 2.45) is 5.92 Å². The Labute approximate surface area is 146 Å². The standard InChI is InChI=1S/C22H30N2/c1-18(2)16-24(21-12-14-23-15-13-21)17-20-10-6-7-11-22(20)19-8-4-3-5-9-19/h3-11,18,21,23H,12-17H2,1-2H3. The van der Waals surface area contributed by atoms with Crippen LogP contribution in [0, 0.1) is 5.92 Å². The number of piperidine rings is 1. The Kier molecular flexibility index (Phi) is 6.06. The van der Waals surface area contributed by atoms with Crippen molar-refractivity contribution in [2.75, 3.05) is 19.6 Å². The molecular weight excluding hydrogens is 292 g/mol. The second kappa shape index (κ2) is 8.46. The van der Waals surface area contributed by atoms with Crippen molar-refractivity contribution in [2.45, 2.75) is 39.3 Å². The molecule has 1 aliphatic rings. The van der Waals surface area contributed by atoms with Gasteiger partial charge in [0.15, 0.2) is 0 Å². The Bertz CT molecular complexity index is 615. The van der Waals surface area contributed by atoms with E-state index in [0.29, 0.717) is 12.0 Å². The summed E-state index contributed by atoms with van der Waals surface area (Å²) in [5.74, 6) is 0.698. The van der Waals surface area contributed by atoms with E-state index in [1.165, 1.54) is 36.1 Å². The minimum absolute atomic E-state index is 0.698. The van der Waals surface area contributed by atoms with Crippen LogP contribution in [0.3, 0.4) is 0 Å². The summed E-state index contributed by atoms with van der Waals surface area (Å²) in [6, 6.07) is 20.4. The number of hydrogen-bond acceptors (Lipinski definition) is 2. The molecular formula is C22H30N2. The molecule has 0 amide bonds. The van der Waals surface area contributed by atoms with Crippen LogP contribution in [-0.2, 0) is 6.54 Å². The first-order valence-electron chi connectivity index (χ1n) is 9.32. The molecule has 1 aliphatic heterocycles. The lowest BCUT2D eigenvalue weighted by atomic mass is 9.97. The lowest BCUT2D eigenvalue weighted by Crippen LogP contribution is -2.44. The highest BCUT2D eigenvalue weighted by Gasteiger charge is 2.22. The van der Waals surface area contributed by atoms with Gasteiger partial charge >= 0.3 is 0 Å². The first-order chi connectivity index (χ1) is 11.7. The van der Waals surface area contributed by atoms with Gasteiger partial charge in [-0.25, -0.2) is 0 Å². The first kappa shape index (κ1) is 17.2. The van der Waals surface area contributed by atoms with E-state index in [-0.39, 0.29) is 0 Å². The van der Waals surface area contributed by atoms with E-state index in [1.807, 2.05) is 0 Å². The zero-order valence-corrected chi connectivity index (χ0v) is 15.0. The van der Waals surface area contributed by atoms with Gasteiger partial charge in [-0.05, 0) is 48.5 Å². The fourth-order valence-corrected chi connectivity index (χ4v) is 3.76. The van der Waals surface area contributed by atoms with Gasteiger partial charge in [-0.2, -0.15) is 0 Å². The Balaban J connectivity index is 1.84. The summed E-state index contributed by atoms with van der Waals surface area (Å²) in [5, 5.41) is 3.50. The molecule has 0 aliphatic carbocycles. The van der Waals surface area contributed by atoms with Crippen LogP contribution < -0.4 is 5.32 Å². The summed E-state index contributed by atoms with van der Waals surface area (Å²) in [7, 11) is 0. The highest BCUT2D eigenvalue weighted by molar-refractivity contribution is 5.67. The van der Waals surface area contributed by atoms with Gasteiger partial charge in [0.2, 0.25) is 0 Å². The van der Waals surface area contributed by atoms with Crippen molar-refractivity contribution in [3.8, 4) is 11.1 Å². The van der Waals surface area contributed by atoms with Gasteiger partial charge in [-0.3, -0.25) is 4.90 Å². The quantitative estimate of drug-likeness (QED) is 0.838. The summed E-state index contributed by atoms with van der Waals surface area (Å²) in [6.45, 7) is 9.19. The van der Waals surface area contributed by atoms with Crippen LogP contribution in [0.1, 0.15) is 32.3 Å². The van der Waals surface area contributed by atoms with Crippen LogP contribution in [-0.4, -0.2) is 30.6 Å². The van der Waals surface area contributed by atoms with Gasteiger partial charge < -0.3 is 5.32 Å². The van der Waals surface area contributed by atoms with Crippen molar-refractivity contribution in [1.82, 2.24) is 10.2 Å². The van der Waals surface area contributed by atoms with Crippen molar-refractivity contribution in [3.63, 3.8) is 0 Å². The maximum absolute atomic E-state index is 3.50. The van der Waals surface area contributed by atoms with E-state index in [1.54, 1.807) is 0 Å². The second-order valence-corrected chi connectivity index (χ2v) is 7.33. The predicted molar refractivity (Wildman–Crippen MR) is 103 cm³/mol. The molecule has 1 saturated heterocycles. The van der Waals surface area contributed by atoms with Crippen molar-refractivity contribution < 1.29 is 0 Å². The smallest absolute Gasteiger partial charge is 0.0242 e. The maximum atomic E-state index is 3.50. The van der Waals surface area contributed by atoms with Crippen LogP contribution in [0.2, 0.25) is 0 Å². The van der Waals surface area contributed by atoms with Gasteiger partial charge in [-0.15, -0.1) is 0 Å². The summed E-state index contributed by atoms with van der Waals surface area (Å²) in [4.78, 5) is 2.72. The number of benzene rings is 2. The fourth-order valence-electron chi connectivity index (χ4n) is 3.76. The monoisotopic (exact) mass is 322 g/mol. The van der Waals surface area contributed by atoms with Crippen LogP contribution in [0.15, 0.2) is 54.6 Å². The van der Waals surface area contributed by atoms with E-state index in [4.69, 9.17) is 0 Å². The second-order valence-electron chi connectivity index (χ2n) is 7.33. The average molecular weight is 322 g/mol. The van der Waals surface area contributed by atoms with Crippen LogP contribution in [0.4, 0.5) is 0 Å². The average Bonchev–Trinajstić information content (AvgIpc) is 2.63. The third-order valence-corrected chi connectivity index (χ3v) is 4.90. The number of rotatable bonds is 6. The van der Waals surface area contributed by atoms with E-state index < -0.39 is 0 Å². The van der Waals surface area contributed by atoms with Crippen LogP contribution in [0.5, 0.6) is 0 Å². The summed E-state index contributed by atoms with van der Waals surface area (Å²) in [6.07, 6.45) is 2.53. The molecule has 1 N–H and O–H groups in total. The lowest BCUT2D eigenvalue weighted by Gasteiger charge is -2.36.